The molecule has 1 aliphatic carbocycles. The van der Waals surface area contributed by atoms with Gasteiger partial charge in [-0.05, 0) is 0 Å². The number of benzene rings is 1. The Morgan fingerprint density at radius 1 is 1.00 bits per heavy atom. The van der Waals surface area contributed by atoms with Gasteiger partial charge in [-0.15, -0.1) is 12.6 Å². The van der Waals surface area contributed by atoms with Crippen LogP contribution in [0.4, 0.5) is 0 Å². The Bertz CT molecular complexity index is 509. The van der Waals surface area contributed by atoms with Crippen molar-refractivity contribution in [3.8, 4) is 0 Å². The van der Waals surface area contributed by atoms with E-state index >= 15 is 0 Å². The zero-order valence-electron chi connectivity index (χ0n) is 7.15. The first-order valence-corrected chi connectivity index (χ1v) is 4.45. The molecule has 0 amide bonds. The summed E-state index contributed by atoms with van der Waals surface area (Å²) in [6.45, 7) is 0. The van der Waals surface area contributed by atoms with Crippen molar-refractivity contribution in [2.24, 2.45) is 5.73 Å². The summed E-state index contributed by atoms with van der Waals surface area (Å²) >= 11 is 4.01. The number of hydrogen-bond donors (Lipinski definition) is 2. The summed E-state index contributed by atoms with van der Waals surface area (Å²) < 4.78 is 0. The van der Waals surface area contributed by atoms with Crippen LogP contribution in [-0.2, 0) is 9.59 Å². The van der Waals surface area contributed by atoms with Crippen LogP contribution in [0.5, 0.6) is 0 Å². The molecular weight excluding hydrogens is 198 g/mol. The maximum absolute atomic E-state index is 11.3. The summed E-state index contributed by atoms with van der Waals surface area (Å²) in [5.74, 6) is -1.31. The van der Waals surface area contributed by atoms with E-state index in [2.05, 4.69) is 12.6 Å². The van der Waals surface area contributed by atoms with Crippen LogP contribution in [0.3, 0.4) is 0 Å². The second-order valence-electron chi connectivity index (χ2n) is 2.97. The van der Waals surface area contributed by atoms with E-state index in [4.69, 9.17) is 5.73 Å². The Kier molecular flexibility index (Phi) is 1.93. The fourth-order valence-corrected chi connectivity index (χ4v) is 1.70. The Morgan fingerprint density at radius 3 is 2.21 bits per heavy atom. The molecule has 1 aromatic carbocycles. The summed E-state index contributed by atoms with van der Waals surface area (Å²) in [6, 6.07) is 6.95. The van der Waals surface area contributed by atoms with Crippen molar-refractivity contribution in [3.63, 3.8) is 0 Å². The van der Waals surface area contributed by atoms with Crippen molar-refractivity contribution in [1.82, 2.24) is 0 Å². The molecule has 0 heterocycles. The summed E-state index contributed by atoms with van der Waals surface area (Å²) in [5, 5.41) is 1.21. The molecule has 0 saturated carbocycles. The topological polar surface area (TPSA) is 60.2 Å². The first-order chi connectivity index (χ1) is 6.63. The van der Waals surface area contributed by atoms with Crippen molar-refractivity contribution in [3.05, 3.63) is 34.7 Å². The normalized spacial score (nSPS) is 15.8. The van der Waals surface area contributed by atoms with Gasteiger partial charge in [0.05, 0.1) is 10.6 Å². The zero-order valence-corrected chi connectivity index (χ0v) is 8.04. The van der Waals surface area contributed by atoms with Gasteiger partial charge in [0.15, 0.2) is 0 Å². The Labute approximate surface area is 85.3 Å². The van der Waals surface area contributed by atoms with Crippen molar-refractivity contribution >= 4 is 34.8 Å². The lowest BCUT2D eigenvalue weighted by Crippen LogP contribution is -2.42. The van der Waals surface area contributed by atoms with Crippen LogP contribution < -0.4 is 16.2 Å². The molecule has 0 saturated heterocycles. The maximum Gasteiger partial charge on any atom is 0.250 e. The van der Waals surface area contributed by atoms with Crippen LogP contribution in [0.15, 0.2) is 24.3 Å². The predicted molar refractivity (Wildman–Crippen MR) is 55.7 cm³/mol. The molecule has 0 aliphatic heterocycles. The molecule has 0 bridgehead atoms. The number of Topliss-reactive ketones (excluding diaryl/α,β-unsaturated/α-hetero) is 2. The fourth-order valence-electron chi connectivity index (χ4n) is 1.40. The Balaban J connectivity index is 3.06. The lowest BCUT2D eigenvalue weighted by atomic mass is 10.0. The highest BCUT2D eigenvalue weighted by molar-refractivity contribution is 7.92. The lowest BCUT2D eigenvalue weighted by molar-refractivity contribution is -0.129. The van der Waals surface area contributed by atoms with Crippen molar-refractivity contribution < 1.29 is 9.59 Å². The molecule has 3 nitrogen and oxygen atoms in total. The van der Waals surface area contributed by atoms with Crippen LogP contribution in [0.25, 0.3) is 10.6 Å². The molecule has 14 heavy (non-hydrogen) atoms. The van der Waals surface area contributed by atoms with Crippen LogP contribution >= 0.6 is 12.6 Å². The van der Waals surface area contributed by atoms with Crippen molar-refractivity contribution in [2.45, 2.75) is 0 Å². The molecule has 0 radical (unpaired) electrons. The number of rotatable bonds is 0. The number of fused-ring (bicyclic) bond motifs is 1. The smallest absolute Gasteiger partial charge is 0.250 e. The molecule has 0 unspecified atom stereocenters. The molecule has 2 N–H and O–H groups in total. The molecule has 70 valence electrons. The first-order valence-electron chi connectivity index (χ1n) is 4.00. The van der Waals surface area contributed by atoms with E-state index in [1.165, 1.54) is 0 Å². The average Bonchev–Trinajstić information content (AvgIpc) is 2.23. The van der Waals surface area contributed by atoms with Gasteiger partial charge in [0.2, 0.25) is 11.6 Å². The predicted octanol–water partition coefficient (Wildman–Crippen LogP) is -1.06. The third-order valence-electron chi connectivity index (χ3n) is 2.14. The highest BCUT2D eigenvalue weighted by Gasteiger charge is 2.24. The first kappa shape index (κ1) is 9.02. The SMILES string of the molecule is NC1=c2ccccc2=C(S)C(=O)C1=O. The molecule has 0 fully saturated rings. The number of carbonyl (C=O) groups is 2. The van der Waals surface area contributed by atoms with Crippen molar-refractivity contribution in [2.75, 3.05) is 0 Å². The minimum atomic E-state index is -0.672. The van der Waals surface area contributed by atoms with E-state index in [-0.39, 0.29) is 10.6 Å². The second kappa shape index (κ2) is 2.99. The number of hydrogen-bond acceptors (Lipinski definition) is 4. The van der Waals surface area contributed by atoms with Gasteiger partial charge in [0.25, 0.3) is 0 Å². The van der Waals surface area contributed by atoms with E-state index in [0.717, 1.165) is 0 Å². The minimum Gasteiger partial charge on any atom is -0.395 e. The highest BCUT2D eigenvalue weighted by atomic mass is 32.1. The molecule has 1 aliphatic rings. The highest BCUT2D eigenvalue weighted by Crippen LogP contribution is 2.06. The van der Waals surface area contributed by atoms with E-state index in [1.807, 2.05) is 0 Å². The summed E-state index contributed by atoms with van der Waals surface area (Å²) in [5.41, 5.74) is 5.54. The fraction of sp³-hybridized carbons (Fsp3) is 0. The van der Waals surface area contributed by atoms with E-state index < -0.39 is 11.6 Å². The van der Waals surface area contributed by atoms with Gasteiger partial charge in [-0.2, -0.15) is 0 Å². The minimum absolute atomic E-state index is 0.00315. The van der Waals surface area contributed by atoms with Gasteiger partial charge in [0, 0.05) is 10.4 Å². The standard InChI is InChI=1S/C10H7NO2S/c11-7-5-3-1-2-4-6(5)10(14)9(13)8(7)12/h1-4,14H,11H2. The van der Waals surface area contributed by atoms with Gasteiger partial charge in [-0.1, -0.05) is 24.3 Å². The number of nitrogens with two attached hydrogens (primary N) is 1. The maximum atomic E-state index is 11.3. The average molecular weight is 205 g/mol. The molecular formula is C10H7NO2S. The summed E-state index contributed by atoms with van der Waals surface area (Å²) in [4.78, 5) is 22.8. The van der Waals surface area contributed by atoms with Crippen LogP contribution in [0.2, 0.25) is 0 Å². The second-order valence-corrected chi connectivity index (χ2v) is 3.41. The summed E-state index contributed by atoms with van der Waals surface area (Å²) in [6.07, 6.45) is 0. The Morgan fingerprint density at radius 2 is 1.57 bits per heavy atom. The van der Waals surface area contributed by atoms with Gasteiger partial charge >= 0.3 is 0 Å². The van der Waals surface area contributed by atoms with Gasteiger partial charge < -0.3 is 5.73 Å². The molecule has 1 aromatic rings. The monoisotopic (exact) mass is 205 g/mol. The molecule has 0 atom stereocenters. The largest absolute Gasteiger partial charge is 0.395 e. The molecule has 0 spiro atoms. The van der Waals surface area contributed by atoms with Gasteiger partial charge in [0.1, 0.15) is 0 Å². The van der Waals surface area contributed by atoms with E-state index in [0.29, 0.717) is 10.4 Å². The third-order valence-corrected chi connectivity index (χ3v) is 2.58. The Hall–Kier alpha value is -1.55. The van der Waals surface area contributed by atoms with Crippen LogP contribution in [0.1, 0.15) is 0 Å². The third kappa shape index (κ3) is 1.08. The number of thiol groups is 1. The molecule has 2 rings (SSSR count). The molecule has 4 heteroatoms. The summed E-state index contributed by atoms with van der Waals surface area (Å²) in [7, 11) is 0. The number of carbonyl (C=O) groups excluding carboxylic acids is 2. The van der Waals surface area contributed by atoms with E-state index in [9.17, 15) is 9.59 Å². The van der Waals surface area contributed by atoms with Crippen LogP contribution in [0, 0.1) is 0 Å². The van der Waals surface area contributed by atoms with Crippen LogP contribution in [-0.4, -0.2) is 11.6 Å². The quantitative estimate of drug-likeness (QED) is 0.419. The zero-order chi connectivity index (χ0) is 10.3. The van der Waals surface area contributed by atoms with E-state index in [1.54, 1.807) is 24.3 Å². The van der Waals surface area contributed by atoms with Gasteiger partial charge in [-0.25, -0.2) is 0 Å². The van der Waals surface area contributed by atoms with Crippen molar-refractivity contribution in [1.29, 1.82) is 0 Å². The molecule has 0 aromatic heterocycles. The lowest BCUT2D eigenvalue weighted by Gasteiger charge is -2.07. The number of ketones is 2. The van der Waals surface area contributed by atoms with Gasteiger partial charge in [-0.3, -0.25) is 9.59 Å².